The van der Waals surface area contributed by atoms with E-state index in [0.29, 0.717) is 0 Å². The number of hydrogen-bond donors (Lipinski definition) is 0. The molecule has 1 heteroatoms. The highest BCUT2D eigenvalue weighted by Gasteiger charge is 2.11. The van der Waals surface area contributed by atoms with E-state index in [1.807, 2.05) is 0 Å². The molecule has 1 aliphatic rings. The molecule has 0 N–H and O–H groups in total. The first-order chi connectivity index (χ1) is 6.95. The first kappa shape index (κ1) is 8.37. The van der Waals surface area contributed by atoms with Crippen LogP contribution in [0.4, 0.5) is 0 Å². The Balaban J connectivity index is 2.34. The van der Waals surface area contributed by atoms with Crippen molar-refractivity contribution in [1.82, 2.24) is 0 Å². The Bertz CT molecular complexity index is 474. The Kier molecular flexibility index (Phi) is 1.98. The van der Waals surface area contributed by atoms with Gasteiger partial charge in [0.1, 0.15) is 0 Å². The van der Waals surface area contributed by atoms with Crippen molar-refractivity contribution in [2.45, 2.75) is 12.2 Å². The van der Waals surface area contributed by atoms with Crippen molar-refractivity contribution in [3.8, 4) is 0 Å². The van der Waals surface area contributed by atoms with Crippen molar-refractivity contribution in [1.29, 1.82) is 0 Å². The molecule has 0 amide bonds. The lowest BCUT2D eigenvalue weighted by molar-refractivity contribution is 1.10. The summed E-state index contributed by atoms with van der Waals surface area (Å²) in [5, 5.41) is 2.84. The lowest BCUT2D eigenvalue weighted by Gasteiger charge is -2.17. The molecule has 1 heterocycles. The van der Waals surface area contributed by atoms with Crippen LogP contribution < -0.4 is 0 Å². The zero-order chi connectivity index (χ0) is 9.38. The number of rotatable bonds is 0. The Morgan fingerprint density at radius 3 is 2.93 bits per heavy atom. The molecule has 70 valence electrons. The van der Waals surface area contributed by atoms with Gasteiger partial charge in [0.05, 0.1) is 0 Å². The summed E-state index contributed by atoms with van der Waals surface area (Å²) in [6.07, 6.45) is 1.24. The van der Waals surface area contributed by atoms with Crippen molar-refractivity contribution in [2.24, 2.45) is 0 Å². The molecule has 3 rings (SSSR count). The Morgan fingerprint density at radius 1 is 1.00 bits per heavy atom. The van der Waals surface area contributed by atoms with Crippen molar-refractivity contribution in [3.05, 3.63) is 47.5 Å². The molecule has 0 aliphatic carbocycles. The molecule has 0 atom stereocenters. The molecule has 2 aromatic carbocycles. The molecule has 0 unspecified atom stereocenters. The summed E-state index contributed by atoms with van der Waals surface area (Å²) >= 11 is 2.05. The van der Waals surface area contributed by atoms with Crippen LogP contribution in [0.2, 0.25) is 0 Å². The predicted octanol–water partition coefficient (Wildman–Crippen LogP) is 3.63. The summed E-state index contributed by atoms with van der Waals surface area (Å²) in [6.45, 7) is 0. The van der Waals surface area contributed by atoms with Crippen LogP contribution in [-0.4, -0.2) is 5.75 Å². The summed E-state index contributed by atoms with van der Waals surface area (Å²) in [6, 6.07) is 13.3. The third-order valence-electron chi connectivity index (χ3n) is 2.90. The molecule has 0 aromatic heterocycles. The normalized spacial score (nSPS) is 15.4. The Morgan fingerprint density at radius 2 is 1.93 bits per heavy atom. The molecule has 0 bridgehead atoms. The first-order valence-electron chi connectivity index (χ1n) is 5.02. The van der Waals surface area contributed by atoms with Crippen LogP contribution in [0, 0.1) is 0 Å². The second-order valence-corrected chi connectivity index (χ2v) is 4.83. The lowest BCUT2D eigenvalue weighted by Crippen LogP contribution is -2.02. The molecule has 0 fully saturated rings. The molecule has 14 heavy (non-hydrogen) atoms. The SMILES string of the molecule is c1ccc2c3c(ccc2c1)CCSC3. The van der Waals surface area contributed by atoms with E-state index < -0.39 is 0 Å². The fourth-order valence-electron chi connectivity index (χ4n) is 2.14. The topological polar surface area (TPSA) is 0 Å². The zero-order valence-corrected chi connectivity index (χ0v) is 8.81. The van der Waals surface area contributed by atoms with Gasteiger partial charge in [0.15, 0.2) is 0 Å². The van der Waals surface area contributed by atoms with Gasteiger partial charge in [-0.25, -0.2) is 0 Å². The van der Waals surface area contributed by atoms with Gasteiger partial charge < -0.3 is 0 Å². The van der Waals surface area contributed by atoms with Gasteiger partial charge in [-0.05, 0) is 34.1 Å². The highest BCUT2D eigenvalue weighted by molar-refractivity contribution is 7.98. The van der Waals surface area contributed by atoms with Crippen molar-refractivity contribution < 1.29 is 0 Å². The maximum absolute atomic E-state index is 2.30. The van der Waals surface area contributed by atoms with E-state index >= 15 is 0 Å². The fraction of sp³-hybridized carbons (Fsp3) is 0.231. The van der Waals surface area contributed by atoms with Gasteiger partial charge >= 0.3 is 0 Å². The number of hydrogen-bond acceptors (Lipinski definition) is 1. The van der Waals surface area contributed by atoms with Crippen LogP contribution in [0.15, 0.2) is 36.4 Å². The predicted molar refractivity (Wildman–Crippen MR) is 63.8 cm³/mol. The van der Waals surface area contributed by atoms with Gasteiger partial charge in [-0.2, -0.15) is 11.8 Å². The van der Waals surface area contributed by atoms with Crippen LogP contribution in [-0.2, 0) is 12.2 Å². The minimum Gasteiger partial charge on any atom is -0.157 e. The summed E-state index contributed by atoms with van der Waals surface area (Å²) in [7, 11) is 0. The average Bonchev–Trinajstić information content (AvgIpc) is 2.29. The maximum Gasteiger partial charge on any atom is 0.0193 e. The largest absolute Gasteiger partial charge is 0.157 e. The molecule has 0 saturated heterocycles. The van der Waals surface area contributed by atoms with Crippen LogP contribution >= 0.6 is 11.8 Å². The van der Waals surface area contributed by atoms with E-state index in [9.17, 15) is 0 Å². The minimum atomic E-state index is 1.19. The van der Waals surface area contributed by atoms with E-state index in [1.54, 1.807) is 11.1 Å². The van der Waals surface area contributed by atoms with E-state index in [2.05, 4.69) is 48.2 Å². The van der Waals surface area contributed by atoms with Gasteiger partial charge in [-0.15, -0.1) is 0 Å². The third kappa shape index (κ3) is 1.24. The van der Waals surface area contributed by atoms with Crippen LogP contribution in [0.25, 0.3) is 10.8 Å². The Hall–Kier alpha value is -0.950. The zero-order valence-electron chi connectivity index (χ0n) is 7.99. The lowest BCUT2D eigenvalue weighted by atomic mass is 9.98. The van der Waals surface area contributed by atoms with Gasteiger partial charge in [-0.1, -0.05) is 36.4 Å². The van der Waals surface area contributed by atoms with Crippen LogP contribution in [0.3, 0.4) is 0 Å². The van der Waals surface area contributed by atoms with Gasteiger partial charge in [-0.3, -0.25) is 0 Å². The average molecular weight is 200 g/mol. The Labute approximate surface area is 88.3 Å². The van der Waals surface area contributed by atoms with E-state index in [4.69, 9.17) is 0 Å². The smallest absolute Gasteiger partial charge is 0.0193 e. The third-order valence-corrected chi connectivity index (χ3v) is 3.89. The fourth-order valence-corrected chi connectivity index (χ4v) is 3.20. The number of benzene rings is 2. The van der Waals surface area contributed by atoms with E-state index in [1.165, 1.54) is 28.7 Å². The van der Waals surface area contributed by atoms with Gasteiger partial charge in [0.25, 0.3) is 0 Å². The molecule has 0 spiro atoms. The molecule has 0 saturated carbocycles. The van der Waals surface area contributed by atoms with Crippen molar-refractivity contribution in [3.63, 3.8) is 0 Å². The highest BCUT2D eigenvalue weighted by atomic mass is 32.2. The minimum absolute atomic E-state index is 1.19. The standard InChI is InChI=1S/C13H12S/c1-2-4-12-10(3-1)5-6-11-7-8-14-9-13(11)12/h1-6H,7-9H2. The highest BCUT2D eigenvalue weighted by Crippen LogP contribution is 2.30. The second kappa shape index (κ2) is 3.32. The van der Waals surface area contributed by atoms with Crippen molar-refractivity contribution in [2.75, 3.05) is 5.75 Å². The van der Waals surface area contributed by atoms with Gasteiger partial charge in [0.2, 0.25) is 0 Å². The summed E-state index contributed by atoms with van der Waals surface area (Å²) in [5.74, 6) is 2.47. The molecular formula is C13H12S. The van der Waals surface area contributed by atoms with E-state index in [0.717, 1.165) is 0 Å². The first-order valence-corrected chi connectivity index (χ1v) is 6.18. The number of thioether (sulfide) groups is 1. The van der Waals surface area contributed by atoms with E-state index in [-0.39, 0.29) is 0 Å². The molecule has 2 aromatic rings. The van der Waals surface area contributed by atoms with Crippen molar-refractivity contribution >= 4 is 22.5 Å². The maximum atomic E-state index is 2.30. The molecule has 1 aliphatic heterocycles. The monoisotopic (exact) mass is 200 g/mol. The van der Waals surface area contributed by atoms with Crippen LogP contribution in [0.1, 0.15) is 11.1 Å². The molecular weight excluding hydrogens is 188 g/mol. The van der Waals surface area contributed by atoms with Crippen LogP contribution in [0.5, 0.6) is 0 Å². The summed E-state index contributed by atoms with van der Waals surface area (Å²) in [4.78, 5) is 0. The number of fused-ring (bicyclic) bond motifs is 3. The van der Waals surface area contributed by atoms with Gasteiger partial charge in [0, 0.05) is 5.75 Å². The molecule has 0 nitrogen and oxygen atoms in total. The quantitative estimate of drug-likeness (QED) is 0.625. The second-order valence-electron chi connectivity index (χ2n) is 3.73. The number of aryl methyl sites for hydroxylation is 1. The summed E-state index contributed by atoms with van der Waals surface area (Å²) < 4.78 is 0. The summed E-state index contributed by atoms with van der Waals surface area (Å²) in [5.41, 5.74) is 3.13. The molecule has 0 radical (unpaired) electrons.